The van der Waals surface area contributed by atoms with Crippen molar-refractivity contribution in [1.82, 2.24) is 0 Å². The highest BCUT2D eigenvalue weighted by Crippen LogP contribution is 2.08. The second kappa shape index (κ2) is 9.50. The third-order valence-corrected chi connectivity index (χ3v) is 2.56. The highest BCUT2D eigenvalue weighted by atomic mass is 16.5. The highest BCUT2D eigenvalue weighted by molar-refractivity contribution is 5.89. The van der Waals surface area contributed by atoms with Crippen LogP contribution in [0.25, 0.3) is 0 Å². The van der Waals surface area contributed by atoms with E-state index >= 15 is 0 Å². The summed E-state index contributed by atoms with van der Waals surface area (Å²) in [6.07, 6.45) is 5.61. The number of ether oxygens (including phenoxy) is 2. The van der Waals surface area contributed by atoms with Gasteiger partial charge in [-0.25, -0.2) is 9.59 Å². The standard InChI is InChI=1S/C16H18O5/c1-20-15(18)11-10-14(9-5-6-12-17)21-16(19)13-7-3-2-4-8-13/h2-8,10-11,14,17H,9,12H2,1H3/b6-5+,11-10+/t14-/m1/s1. The molecule has 5 heteroatoms. The Bertz CT molecular complexity index is 505. The Kier molecular flexibility index (Phi) is 7.53. The zero-order valence-electron chi connectivity index (χ0n) is 11.8. The smallest absolute Gasteiger partial charge is 0.338 e. The van der Waals surface area contributed by atoms with Gasteiger partial charge in [0.15, 0.2) is 0 Å². The summed E-state index contributed by atoms with van der Waals surface area (Å²) in [5.74, 6) is -1.01. The van der Waals surface area contributed by atoms with Gasteiger partial charge in [0.25, 0.3) is 0 Å². The average molecular weight is 290 g/mol. The van der Waals surface area contributed by atoms with Gasteiger partial charge in [-0.3, -0.25) is 0 Å². The van der Waals surface area contributed by atoms with Crippen LogP contribution < -0.4 is 0 Å². The van der Waals surface area contributed by atoms with Gasteiger partial charge in [-0.05, 0) is 18.2 Å². The van der Waals surface area contributed by atoms with Crippen LogP contribution in [-0.2, 0) is 14.3 Å². The first-order chi connectivity index (χ1) is 10.2. The minimum Gasteiger partial charge on any atom is -0.466 e. The summed E-state index contributed by atoms with van der Waals surface area (Å²) in [6, 6.07) is 8.57. The molecule has 0 aromatic heterocycles. The number of aliphatic hydroxyl groups is 1. The summed E-state index contributed by atoms with van der Waals surface area (Å²) in [5.41, 5.74) is 0.431. The molecule has 0 radical (unpaired) electrons. The van der Waals surface area contributed by atoms with E-state index in [0.29, 0.717) is 12.0 Å². The highest BCUT2D eigenvalue weighted by Gasteiger charge is 2.12. The average Bonchev–Trinajstić information content (AvgIpc) is 2.53. The first-order valence-corrected chi connectivity index (χ1v) is 6.45. The second-order valence-electron chi connectivity index (χ2n) is 4.08. The number of methoxy groups -OCH3 is 1. The number of rotatable bonds is 7. The number of benzene rings is 1. The van der Waals surface area contributed by atoms with Crippen molar-refractivity contribution in [1.29, 1.82) is 0 Å². The number of hydrogen-bond acceptors (Lipinski definition) is 5. The number of carbonyl (C=O) groups is 2. The minimum absolute atomic E-state index is 0.0972. The first-order valence-electron chi connectivity index (χ1n) is 6.45. The molecule has 5 nitrogen and oxygen atoms in total. The first kappa shape index (κ1) is 16.7. The Labute approximate surface area is 123 Å². The van der Waals surface area contributed by atoms with Crippen LogP contribution >= 0.6 is 0 Å². The van der Waals surface area contributed by atoms with Crippen molar-refractivity contribution in [3.05, 3.63) is 60.2 Å². The lowest BCUT2D eigenvalue weighted by molar-refractivity contribution is -0.134. The number of hydrogen-bond donors (Lipinski definition) is 1. The maximum Gasteiger partial charge on any atom is 0.338 e. The third-order valence-electron chi connectivity index (χ3n) is 2.56. The predicted octanol–water partition coefficient (Wildman–Crippen LogP) is 1.88. The summed E-state index contributed by atoms with van der Waals surface area (Å²) in [6.45, 7) is -0.0972. The molecule has 1 atom stereocenters. The molecule has 0 fully saturated rings. The largest absolute Gasteiger partial charge is 0.466 e. The van der Waals surface area contributed by atoms with Gasteiger partial charge in [0.1, 0.15) is 6.10 Å². The fraction of sp³-hybridized carbons (Fsp3) is 0.250. The summed E-state index contributed by atoms with van der Waals surface area (Å²) >= 11 is 0. The van der Waals surface area contributed by atoms with Gasteiger partial charge < -0.3 is 14.6 Å². The van der Waals surface area contributed by atoms with Crippen LogP contribution in [0.3, 0.4) is 0 Å². The molecule has 1 N–H and O–H groups in total. The SMILES string of the molecule is COC(=O)/C=C/[C@@H](C/C=C/CO)OC(=O)c1ccccc1. The van der Waals surface area contributed by atoms with Gasteiger partial charge >= 0.3 is 11.9 Å². The van der Waals surface area contributed by atoms with Crippen molar-refractivity contribution < 1.29 is 24.2 Å². The van der Waals surface area contributed by atoms with Gasteiger partial charge in [-0.1, -0.05) is 30.4 Å². The molecule has 0 aliphatic rings. The monoisotopic (exact) mass is 290 g/mol. The van der Waals surface area contributed by atoms with E-state index in [1.165, 1.54) is 25.3 Å². The van der Waals surface area contributed by atoms with E-state index in [-0.39, 0.29) is 6.61 Å². The molecule has 0 spiro atoms. The molecule has 0 saturated heterocycles. The maximum atomic E-state index is 12.0. The van der Waals surface area contributed by atoms with Crippen LogP contribution in [-0.4, -0.2) is 36.9 Å². The number of carbonyl (C=O) groups excluding carboxylic acids is 2. The van der Waals surface area contributed by atoms with E-state index in [1.54, 1.807) is 36.4 Å². The van der Waals surface area contributed by atoms with Crippen molar-refractivity contribution in [3.8, 4) is 0 Å². The van der Waals surface area contributed by atoms with Gasteiger partial charge in [-0.15, -0.1) is 0 Å². The molecule has 1 rings (SSSR count). The molecule has 0 unspecified atom stereocenters. The molecule has 21 heavy (non-hydrogen) atoms. The fourth-order valence-electron chi connectivity index (χ4n) is 1.50. The molecule has 1 aromatic rings. The molecule has 0 aliphatic heterocycles. The van der Waals surface area contributed by atoms with E-state index in [2.05, 4.69) is 4.74 Å². The lowest BCUT2D eigenvalue weighted by Crippen LogP contribution is -2.16. The van der Waals surface area contributed by atoms with E-state index in [0.717, 1.165) is 0 Å². The Morgan fingerprint density at radius 1 is 1.24 bits per heavy atom. The van der Waals surface area contributed by atoms with Crippen molar-refractivity contribution in [2.24, 2.45) is 0 Å². The van der Waals surface area contributed by atoms with Gasteiger partial charge in [0.05, 0.1) is 19.3 Å². The Morgan fingerprint density at radius 2 is 1.95 bits per heavy atom. The van der Waals surface area contributed by atoms with Crippen molar-refractivity contribution >= 4 is 11.9 Å². The normalized spacial score (nSPS) is 12.5. The van der Waals surface area contributed by atoms with Gasteiger partial charge in [0.2, 0.25) is 0 Å². The van der Waals surface area contributed by atoms with E-state index < -0.39 is 18.0 Å². The molecular weight excluding hydrogens is 272 g/mol. The Hall–Kier alpha value is -2.40. The van der Waals surface area contributed by atoms with Crippen LogP contribution in [0, 0.1) is 0 Å². The van der Waals surface area contributed by atoms with E-state index in [9.17, 15) is 9.59 Å². The van der Waals surface area contributed by atoms with Crippen LogP contribution in [0.4, 0.5) is 0 Å². The number of aliphatic hydroxyl groups excluding tert-OH is 1. The fourth-order valence-corrected chi connectivity index (χ4v) is 1.50. The predicted molar refractivity (Wildman–Crippen MR) is 77.6 cm³/mol. The Balaban J connectivity index is 2.71. The summed E-state index contributed by atoms with van der Waals surface area (Å²) < 4.78 is 9.80. The summed E-state index contributed by atoms with van der Waals surface area (Å²) in [5, 5.41) is 8.71. The van der Waals surface area contributed by atoms with Crippen LogP contribution in [0.1, 0.15) is 16.8 Å². The van der Waals surface area contributed by atoms with Crippen molar-refractivity contribution in [2.45, 2.75) is 12.5 Å². The molecule has 0 saturated carbocycles. The zero-order chi connectivity index (χ0) is 15.5. The molecule has 0 heterocycles. The zero-order valence-corrected chi connectivity index (χ0v) is 11.8. The lowest BCUT2D eigenvalue weighted by Gasteiger charge is -2.12. The van der Waals surface area contributed by atoms with Crippen molar-refractivity contribution in [2.75, 3.05) is 13.7 Å². The second-order valence-corrected chi connectivity index (χ2v) is 4.08. The van der Waals surface area contributed by atoms with E-state index in [1.807, 2.05) is 0 Å². The van der Waals surface area contributed by atoms with Crippen LogP contribution in [0.5, 0.6) is 0 Å². The molecule has 112 valence electrons. The summed E-state index contributed by atoms with van der Waals surface area (Å²) in [7, 11) is 1.27. The van der Waals surface area contributed by atoms with Crippen LogP contribution in [0.2, 0.25) is 0 Å². The molecule has 0 amide bonds. The van der Waals surface area contributed by atoms with E-state index in [4.69, 9.17) is 9.84 Å². The lowest BCUT2D eigenvalue weighted by atomic mass is 10.2. The summed E-state index contributed by atoms with van der Waals surface area (Å²) in [4.78, 5) is 23.1. The van der Waals surface area contributed by atoms with Gasteiger partial charge in [-0.2, -0.15) is 0 Å². The molecule has 1 aromatic carbocycles. The number of esters is 2. The van der Waals surface area contributed by atoms with Gasteiger partial charge in [0, 0.05) is 12.5 Å². The molecule has 0 bridgehead atoms. The Morgan fingerprint density at radius 3 is 2.57 bits per heavy atom. The molecular formula is C16H18O5. The topological polar surface area (TPSA) is 72.8 Å². The van der Waals surface area contributed by atoms with Crippen molar-refractivity contribution in [3.63, 3.8) is 0 Å². The minimum atomic E-state index is -0.611. The van der Waals surface area contributed by atoms with Crippen LogP contribution in [0.15, 0.2) is 54.6 Å². The quantitative estimate of drug-likeness (QED) is 0.471. The maximum absolute atomic E-state index is 12.0. The third kappa shape index (κ3) is 6.54. The molecule has 0 aliphatic carbocycles.